The molecule has 1 heterocycles. The Balaban J connectivity index is 2.13. The lowest BCUT2D eigenvalue weighted by Gasteiger charge is -2.40. The van der Waals surface area contributed by atoms with Crippen molar-refractivity contribution >= 4 is 11.4 Å². The number of ketones is 1. The van der Waals surface area contributed by atoms with Gasteiger partial charge in [-0.1, -0.05) is 13.0 Å². The average Bonchev–Trinajstić information content (AvgIpc) is 2.62. The van der Waals surface area contributed by atoms with Gasteiger partial charge in [0.25, 0.3) is 0 Å². The van der Waals surface area contributed by atoms with E-state index in [2.05, 4.69) is 0 Å². The highest BCUT2D eigenvalue weighted by atomic mass is 19.1. The third-order valence-corrected chi connectivity index (χ3v) is 4.94. The molecule has 0 saturated carbocycles. The van der Waals surface area contributed by atoms with Crippen LogP contribution >= 0.6 is 0 Å². The van der Waals surface area contributed by atoms with E-state index >= 15 is 0 Å². The fraction of sp³-hybridized carbons (Fsp3) is 0.348. The van der Waals surface area contributed by atoms with Crippen LogP contribution in [0.25, 0.3) is 5.57 Å². The van der Waals surface area contributed by atoms with Crippen molar-refractivity contribution in [2.24, 2.45) is 0 Å². The van der Waals surface area contributed by atoms with Crippen LogP contribution in [-0.2, 0) is 16.0 Å². The number of aryl methyl sites for hydroxylation is 1. The number of hydrogen-bond acceptors (Lipinski definition) is 4. The van der Waals surface area contributed by atoms with Crippen molar-refractivity contribution in [3.8, 4) is 11.5 Å². The van der Waals surface area contributed by atoms with Gasteiger partial charge in [0.05, 0.1) is 5.57 Å². The molecule has 0 bridgehead atoms. The predicted molar refractivity (Wildman–Crippen MR) is 106 cm³/mol. The molecule has 1 aliphatic heterocycles. The summed E-state index contributed by atoms with van der Waals surface area (Å²) in [5.74, 6) is -1.94. The summed E-state index contributed by atoms with van der Waals surface area (Å²) < 4.78 is 38.5. The summed E-state index contributed by atoms with van der Waals surface area (Å²) in [5, 5.41) is 10.8. The van der Waals surface area contributed by atoms with Crippen molar-refractivity contribution in [3.05, 3.63) is 64.9 Å². The van der Waals surface area contributed by atoms with E-state index in [9.17, 15) is 18.7 Å². The zero-order chi connectivity index (χ0) is 21.6. The molecule has 1 aliphatic rings. The van der Waals surface area contributed by atoms with Crippen LogP contribution < -0.4 is 4.74 Å². The minimum absolute atomic E-state index is 0.140. The Morgan fingerprint density at radius 3 is 2.34 bits per heavy atom. The number of hydrogen-bond donors (Lipinski definition) is 1. The number of Topliss-reactive ketones (excluding diaryl/α,β-unsaturated/α-hetero) is 1. The number of carbonyl (C=O) groups excluding carboxylic acids is 1. The Hall–Kier alpha value is -2.73. The summed E-state index contributed by atoms with van der Waals surface area (Å²) >= 11 is 0. The largest absolute Gasteiger partial charge is 0.508 e. The number of rotatable bonds is 4. The molecule has 2 aromatic carbocycles. The molecule has 2 aromatic rings. The Bertz CT molecular complexity index is 1010. The Labute approximate surface area is 168 Å². The SMILES string of the molecule is CCc1ccc(Oc2ccc(F)cc2F)cc1C1=C(O)C(C)(C)OC(C)(C)C1=O. The summed E-state index contributed by atoms with van der Waals surface area (Å²) in [4.78, 5) is 13.1. The van der Waals surface area contributed by atoms with E-state index in [1.165, 1.54) is 6.07 Å². The van der Waals surface area contributed by atoms with E-state index in [4.69, 9.17) is 9.47 Å². The highest BCUT2D eigenvalue weighted by Gasteiger charge is 2.47. The number of aliphatic hydroxyl groups excluding tert-OH is 1. The van der Waals surface area contributed by atoms with E-state index in [0.717, 1.165) is 17.7 Å². The molecule has 3 rings (SSSR count). The van der Waals surface area contributed by atoms with Gasteiger partial charge in [-0.25, -0.2) is 8.78 Å². The van der Waals surface area contributed by atoms with Crippen molar-refractivity contribution in [1.82, 2.24) is 0 Å². The molecule has 0 spiro atoms. The van der Waals surface area contributed by atoms with Gasteiger partial charge in [-0.05, 0) is 69.5 Å². The molecule has 0 aromatic heterocycles. The topological polar surface area (TPSA) is 55.8 Å². The van der Waals surface area contributed by atoms with Gasteiger partial charge in [0.15, 0.2) is 17.3 Å². The van der Waals surface area contributed by atoms with Gasteiger partial charge in [0.1, 0.15) is 28.5 Å². The van der Waals surface area contributed by atoms with E-state index in [1.54, 1.807) is 45.9 Å². The molecule has 0 saturated heterocycles. The molecule has 0 fully saturated rings. The fourth-order valence-electron chi connectivity index (χ4n) is 3.54. The highest BCUT2D eigenvalue weighted by Crippen LogP contribution is 2.42. The van der Waals surface area contributed by atoms with Gasteiger partial charge in [-0.15, -0.1) is 0 Å². The van der Waals surface area contributed by atoms with Gasteiger partial charge in [-0.3, -0.25) is 4.79 Å². The summed E-state index contributed by atoms with van der Waals surface area (Å²) in [5.41, 5.74) is -0.707. The maximum absolute atomic E-state index is 14.0. The fourth-order valence-corrected chi connectivity index (χ4v) is 3.54. The maximum Gasteiger partial charge on any atom is 0.198 e. The molecule has 0 aliphatic carbocycles. The molecule has 0 amide bonds. The molecule has 6 heteroatoms. The van der Waals surface area contributed by atoms with Crippen molar-refractivity contribution in [1.29, 1.82) is 0 Å². The van der Waals surface area contributed by atoms with E-state index in [-0.39, 0.29) is 28.6 Å². The first-order valence-corrected chi connectivity index (χ1v) is 9.41. The van der Waals surface area contributed by atoms with Crippen LogP contribution in [0.15, 0.2) is 42.2 Å². The number of carbonyl (C=O) groups is 1. The first kappa shape index (κ1) is 21.0. The van der Waals surface area contributed by atoms with Crippen LogP contribution in [0.3, 0.4) is 0 Å². The molecular weight excluding hydrogens is 378 g/mol. The molecule has 0 unspecified atom stereocenters. The first-order chi connectivity index (χ1) is 13.5. The zero-order valence-corrected chi connectivity index (χ0v) is 17.1. The van der Waals surface area contributed by atoms with Gasteiger partial charge >= 0.3 is 0 Å². The number of halogens is 2. The lowest BCUT2D eigenvalue weighted by atomic mass is 9.81. The zero-order valence-electron chi connectivity index (χ0n) is 17.1. The molecular formula is C23H24F2O4. The summed E-state index contributed by atoms with van der Waals surface area (Å²) in [6.07, 6.45) is 0.603. The normalized spacial score (nSPS) is 18.1. The third-order valence-electron chi connectivity index (χ3n) is 4.94. The Morgan fingerprint density at radius 1 is 1.03 bits per heavy atom. The lowest BCUT2D eigenvalue weighted by molar-refractivity contribution is -0.158. The van der Waals surface area contributed by atoms with Gasteiger partial charge in [0.2, 0.25) is 0 Å². The molecule has 0 radical (unpaired) electrons. The van der Waals surface area contributed by atoms with Gasteiger partial charge < -0.3 is 14.6 Å². The van der Waals surface area contributed by atoms with Crippen molar-refractivity contribution in [3.63, 3.8) is 0 Å². The highest BCUT2D eigenvalue weighted by molar-refractivity contribution is 6.26. The van der Waals surface area contributed by atoms with E-state index < -0.39 is 22.8 Å². The average molecular weight is 402 g/mol. The van der Waals surface area contributed by atoms with Gasteiger partial charge in [-0.2, -0.15) is 0 Å². The molecule has 0 atom stereocenters. The first-order valence-electron chi connectivity index (χ1n) is 9.41. The predicted octanol–water partition coefficient (Wildman–Crippen LogP) is 5.75. The number of aliphatic hydroxyl groups is 1. The van der Waals surface area contributed by atoms with Crippen molar-refractivity contribution < 1.29 is 28.2 Å². The Kier molecular flexibility index (Phi) is 5.26. The van der Waals surface area contributed by atoms with E-state index in [0.29, 0.717) is 12.0 Å². The molecule has 4 nitrogen and oxygen atoms in total. The van der Waals surface area contributed by atoms with Crippen LogP contribution in [0.5, 0.6) is 11.5 Å². The second-order valence-corrected chi connectivity index (χ2v) is 8.02. The molecule has 1 N–H and O–H groups in total. The summed E-state index contributed by atoms with van der Waals surface area (Å²) in [6, 6.07) is 8.01. The number of ether oxygens (including phenoxy) is 2. The second kappa shape index (κ2) is 7.26. The van der Waals surface area contributed by atoms with Crippen molar-refractivity contribution in [2.75, 3.05) is 0 Å². The summed E-state index contributed by atoms with van der Waals surface area (Å²) in [7, 11) is 0. The minimum atomic E-state index is -1.13. The van der Waals surface area contributed by atoms with Crippen LogP contribution in [0.2, 0.25) is 0 Å². The second-order valence-electron chi connectivity index (χ2n) is 8.02. The minimum Gasteiger partial charge on any atom is -0.508 e. The Morgan fingerprint density at radius 2 is 1.72 bits per heavy atom. The van der Waals surface area contributed by atoms with E-state index in [1.807, 2.05) is 6.92 Å². The quantitative estimate of drug-likeness (QED) is 0.708. The molecule has 154 valence electrons. The van der Waals surface area contributed by atoms with Gasteiger partial charge in [0, 0.05) is 6.07 Å². The molecule has 29 heavy (non-hydrogen) atoms. The van der Waals surface area contributed by atoms with Crippen molar-refractivity contribution in [2.45, 2.75) is 52.2 Å². The summed E-state index contributed by atoms with van der Waals surface area (Å²) in [6.45, 7) is 8.62. The van der Waals surface area contributed by atoms with Crippen LogP contribution in [-0.4, -0.2) is 22.1 Å². The standard InChI is InChI=1S/C23H24F2O4/c1-6-13-7-9-15(28-18-10-8-14(24)11-17(18)25)12-16(13)19-20(26)22(2,3)29-23(4,5)21(19)27/h7-12,26H,6H2,1-5H3. The van der Waals surface area contributed by atoms with Crippen LogP contribution in [0.4, 0.5) is 8.78 Å². The lowest BCUT2D eigenvalue weighted by Crippen LogP contribution is -2.49. The van der Waals surface area contributed by atoms with Crippen LogP contribution in [0.1, 0.15) is 45.7 Å². The maximum atomic E-state index is 14.0. The monoisotopic (exact) mass is 402 g/mol. The van der Waals surface area contributed by atoms with Crippen LogP contribution in [0, 0.1) is 11.6 Å². The number of benzene rings is 2. The smallest absolute Gasteiger partial charge is 0.198 e. The third kappa shape index (κ3) is 3.90.